The first-order valence-corrected chi connectivity index (χ1v) is 10.5. The Labute approximate surface area is 181 Å². The molecule has 0 aliphatic carbocycles. The zero-order valence-electron chi connectivity index (χ0n) is 15.5. The second-order valence-corrected chi connectivity index (χ2v) is 8.46. The van der Waals surface area contributed by atoms with E-state index in [-0.39, 0.29) is 16.7 Å². The van der Waals surface area contributed by atoms with Crippen LogP contribution in [0.4, 0.5) is 15.8 Å². The Bertz CT molecular complexity index is 1030. The number of para-hydroxylation sites is 1. The molecule has 0 heterocycles. The van der Waals surface area contributed by atoms with Crippen LogP contribution in [0.1, 0.15) is 17.3 Å². The van der Waals surface area contributed by atoms with Gasteiger partial charge in [0.15, 0.2) is 0 Å². The van der Waals surface area contributed by atoms with Crippen molar-refractivity contribution >= 4 is 50.9 Å². The Morgan fingerprint density at radius 3 is 2.28 bits per heavy atom. The van der Waals surface area contributed by atoms with E-state index in [1.165, 1.54) is 30.0 Å². The fourth-order valence-corrected chi connectivity index (χ4v) is 3.77. The van der Waals surface area contributed by atoms with Gasteiger partial charge in [0, 0.05) is 15.1 Å². The summed E-state index contributed by atoms with van der Waals surface area (Å²) in [4.78, 5) is 25.5. The lowest BCUT2D eigenvalue weighted by atomic mass is 10.2. The van der Waals surface area contributed by atoms with E-state index < -0.39 is 11.7 Å². The molecular weight excluding hydrogens is 455 g/mol. The van der Waals surface area contributed by atoms with E-state index in [0.29, 0.717) is 5.69 Å². The van der Waals surface area contributed by atoms with Gasteiger partial charge in [-0.2, -0.15) is 0 Å². The summed E-state index contributed by atoms with van der Waals surface area (Å²) in [7, 11) is 0. The standard InChI is InChI=1S/C22H18BrFN2O2S/c1-14(21(27)26-20-9-5-3-7-18(20)23)29-16-12-10-15(11-13-16)25-22(28)17-6-2-4-8-19(17)24/h2-14H,1H3,(H,25,28)(H,26,27). The van der Waals surface area contributed by atoms with Gasteiger partial charge in [0.25, 0.3) is 5.91 Å². The summed E-state index contributed by atoms with van der Waals surface area (Å²) in [5.74, 6) is -1.19. The van der Waals surface area contributed by atoms with Gasteiger partial charge in [-0.25, -0.2) is 4.39 Å². The van der Waals surface area contributed by atoms with Crippen LogP contribution in [0.25, 0.3) is 0 Å². The number of carbonyl (C=O) groups excluding carboxylic acids is 2. The molecule has 3 aromatic carbocycles. The van der Waals surface area contributed by atoms with Crippen LogP contribution in [0.3, 0.4) is 0 Å². The maximum absolute atomic E-state index is 13.7. The Morgan fingerprint density at radius 2 is 1.59 bits per heavy atom. The van der Waals surface area contributed by atoms with E-state index >= 15 is 0 Å². The van der Waals surface area contributed by atoms with Crippen LogP contribution in [-0.4, -0.2) is 17.1 Å². The largest absolute Gasteiger partial charge is 0.324 e. The summed E-state index contributed by atoms with van der Waals surface area (Å²) in [6, 6.07) is 20.3. The summed E-state index contributed by atoms with van der Waals surface area (Å²) in [6.45, 7) is 1.82. The summed E-state index contributed by atoms with van der Waals surface area (Å²) >= 11 is 4.81. The molecular formula is C22H18BrFN2O2S. The third kappa shape index (κ3) is 5.68. The molecule has 0 aromatic heterocycles. The quantitative estimate of drug-likeness (QED) is 0.435. The Morgan fingerprint density at radius 1 is 0.931 bits per heavy atom. The summed E-state index contributed by atoms with van der Waals surface area (Å²) in [5, 5.41) is 5.24. The van der Waals surface area contributed by atoms with Crippen LogP contribution in [0.15, 0.2) is 82.2 Å². The molecule has 0 fully saturated rings. The monoisotopic (exact) mass is 472 g/mol. The first kappa shape index (κ1) is 21.1. The third-order valence-corrected chi connectivity index (χ3v) is 5.85. The van der Waals surface area contributed by atoms with E-state index in [2.05, 4.69) is 26.6 Å². The van der Waals surface area contributed by atoms with Crippen molar-refractivity contribution in [3.63, 3.8) is 0 Å². The van der Waals surface area contributed by atoms with Crippen LogP contribution >= 0.6 is 27.7 Å². The lowest BCUT2D eigenvalue weighted by Gasteiger charge is -2.13. The summed E-state index contributed by atoms with van der Waals surface area (Å²) < 4.78 is 14.5. The SMILES string of the molecule is CC(Sc1ccc(NC(=O)c2ccccc2F)cc1)C(=O)Nc1ccccc1Br. The number of benzene rings is 3. The number of hydrogen-bond donors (Lipinski definition) is 2. The minimum absolute atomic E-state index is 0.0108. The molecule has 2 N–H and O–H groups in total. The van der Waals surface area contributed by atoms with E-state index in [0.717, 1.165) is 15.1 Å². The highest BCUT2D eigenvalue weighted by atomic mass is 79.9. The predicted octanol–water partition coefficient (Wildman–Crippen LogP) is 5.96. The summed E-state index contributed by atoms with van der Waals surface area (Å²) in [5.41, 5.74) is 1.26. The molecule has 3 aromatic rings. The van der Waals surface area contributed by atoms with Crippen LogP contribution in [0, 0.1) is 5.82 Å². The smallest absolute Gasteiger partial charge is 0.258 e. The lowest BCUT2D eigenvalue weighted by molar-refractivity contribution is -0.115. The minimum Gasteiger partial charge on any atom is -0.324 e. The van der Waals surface area contributed by atoms with Gasteiger partial charge in [0.2, 0.25) is 5.91 Å². The van der Waals surface area contributed by atoms with Crippen molar-refractivity contribution in [3.8, 4) is 0 Å². The molecule has 4 nitrogen and oxygen atoms in total. The first-order chi connectivity index (χ1) is 13.9. The Hall–Kier alpha value is -2.64. The normalized spacial score (nSPS) is 11.6. The zero-order valence-corrected chi connectivity index (χ0v) is 17.9. The number of amides is 2. The van der Waals surface area contributed by atoms with Crippen molar-refractivity contribution in [1.29, 1.82) is 0 Å². The molecule has 3 rings (SSSR count). The second kappa shape index (κ2) is 9.71. The number of hydrogen-bond acceptors (Lipinski definition) is 3. The van der Waals surface area contributed by atoms with Crippen LogP contribution < -0.4 is 10.6 Å². The Balaban J connectivity index is 1.58. The average Bonchev–Trinajstić information content (AvgIpc) is 2.71. The lowest BCUT2D eigenvalue weighted by Crippen LogP contribution is -2.22. The number of carbonyl (C=O) groups is 2. The number of halogens is 2. The van der Waals surface area contributed by atoms with Gasteiger partial charge < -0.3 is 10.6 Å². The number of thioether (sulfide) groups is 1. The van der Waals surface area contributed by atoms with Gasteiger partial charge in [-0.15, -0.1) is 11.8 Å². The van der Waals surface area contributed by atoms with E-state index in [1.54, 1.807) is 18.2 Å². The second-order valence-electron chi connectivity index (χ2n) is 6.19. The molecule has 0 spiro atoms. The number of anilines is 2. The van der Waals surface area contributed by atoms with Gasteiger partial charge in [-0.1, -0.05) is 24.3 Å². The molecule has 0 saturated heterocycles. The molecule has 2 amide bonds. The number of nitrogens with one attached hydrogen (secondary N) is 2. The van der Waals surface area contributed by atoms with E-state index in [9.17, 15) is 14.0 Å². The van der Waals surface area contributed by atoms with Gasteiger partial charge in [-0.3, -0.25) is 9.59 Å². The maximum Gasteiger partial charge on any atom is 0.258 e. The minimum atomic E-state index is -0.568. The van der Waals surface area contributed by atoms with E-state index in [4.69, 9.17) is 0 Å². The van der Waals surface area contributed by atoms with Gasteiger partial charge >= 0.3 is 0 Å². The third-order valence-electron chi connectivity index (χ3n) is 4.04. The molecule has 0 bridgehead atoms. The molecule has 7 heteroatoms. The van der Waals surface area contributed by atoms with Crippen LogP contribution in [-0.2, 0) is 4.79 Å². The van der Waals surface area contributed by atoms with Crippen molar-refractivity contribution in [2.75, 3.05) is 10.6 Å². The van der Waals surface area contributed by atoms with Crippen LogP contribution in [0.2, 0.25) is 0 Å². The molecule has 29 heavy (non-hydrogen) atoms. The fourth-order valence-electron chi connectivity index (χ4n) is 2.52. The average molecular weight is 473 g/mol. The molecule has 1 unspecified atom stereocenters. The van der Waals surface area contributed by atoms with Crippen molar-refractivity contribution in [1.82, 2.24) is 0 Å². The van der Waals surface area contributed by atoms with Crippen molar-refractivity contribution in [2.45, 2.75) is 17.1 Å². The van der Waals surface area contributed by atoms with Crippen molar-refractivity contribution in [3.05, 3.63) is 88.6 Å². The summed E-state index contributed by atoms with van der Waals surface area (Å²) in [6.07, 6.45) is 0. The molecule has 1 atom stereocenters. The zero-order chi connectivity index (χ0) is 20.8. The maximum atomic E-state index is 13.7. The van der Waals surface area contributed by atoms with Gasteiger partial charge in [0.1, 0.15) is 5.82 Å². The van der Waals surface area contributed by atoms with E-state index in [1.807, 2.05) is 43.3 Å². The molecule has 0 aliphatic rings. The number of rotatable bonds is 6. The first-order valence-electron chi connectivity index (χ1n) is 8.82. The van der Waals surface area contributed by atoms with Crippen LogP contribution in [0.5, 0.6) is 0 Å². The molecule has 0 aliphatic heterocycles. The highest BCUT2D eigenvalue weighted by molar-refractivity contribution is 9.10. The van der Waals surface area contributed by atoms with Gasteiger partial charge in [-0.05, 0) is 71.4 Å². The topological polar surface area (TPSA) is 58.2 Å². The van der Waals surface area contributed by atoms with Crippen molar-refractivity contribution in [2.24, 2.45) is 0 Å². The molecule has 148 valence electrons. The molecule has 0 saturated carbocycles. The van der Waals surface area contributed by atoms with Gasteiger partial charge in [0.05, 0.1) is 16.5 Å². The highest BCUT2D eigenvalue weighted by Gasteiger charge is 2.16. The predicted molar refractivity (Wildman–Crippen MR) is 119 cm³/mol. The fraction of sp³-hybridized carbons (Fsp3) is 0.0909. The highest BCUT2D eigenvalue weighted by Crippen LogP contribution is 2.27. The molecule has 0 radical (unpaired) electrons. The Kier molecular flexibility index (Phi) is 7.06. The van der Waals surface area contributed by atoms with Crippen molar-refractivity contribution < 1.29 is 14.0 Å².